The lowest BCUT2D eigenvalue weighted by molar-refractivity contribution is 0.472. The molecule has 0 spiro atoms. The van der Waals surface area contributed by atoms with Gasteiger partial charge in [0.2, 0.25) is 0 Å². The van der Waals surface area contributed by atoms with Crippen molar-refractivity contribution in [1.82, 2.24) is 0 Å². The Bertz CT molecular complexity index is 344. The fraction of sp³-hybridized carbons (Fsp3) is 0.429. The SMILES string of the molecule is C=Cc1oc2c(c1C=C)CCCC2.CC. The highest BCUT2D eigenvalue weighted by atomic mass is 16.3. The van der Waals surface area contributed by atoms with Crippen molar-refractivity contribution in [2.45, 2.75) is 39.5 Å². The number of hydrogen-bond acceptors (Lipinski definition) is 1. The number of hydrogen-bond donors (Lipinski definition) is 0. The first-order valence-corrected chi connectivity index (χ1v) is 5.76. The second-order valence-corrected chi connectivity index (χ2v) is 3.40. The lowest BCUT2D eigenvalue weighted by Crippen LogP contribution is -1.99. The molecule has 0 aromatic carbocycles. The molecule has 1 heterocycles. The first-order chi connectivity index (χ1) is 7.36. The minimum Gasteiger partial charge on any atom is -0.461 e. The zero-order chi connectivity index (χ0) is 11.3. The Morgan fingerprint density at radius 1 is 1.07 bits per heavy atom. The van der Waals surface area contributed by atoms with E-state index in [1.165, 1.54) is 18.4 Å². The fourth-order valence-corrected chi connectivity index (χ4v) is 1.99. The molecule has 1 heteroatoms. The molecular weight excluding hydrogens is 184 g/mol. The Hall–Kier alpha value is -1.24. The standard InChI is InChI=1S/C12H14O.C2H6/c1-3-9-10-7-5-6-8-12(10)13-11(9)4-2;1-2/h3-4H,1-2,5-8H2;1-2H3. The molecule has 82 valence electrons. The maximum absolute atomic E-state index is 5.69. The third-order valence-electron chi connectivity index (χ3n) is 2.63. The molecule has 0 saturated carbocycles. The summed E-state index contributed by atoms with van der Waals surface area (Å²) < 4.78 is 5.69. The summed E-state index contributed by atoms with van der Waals surface area (Å²) >= 11 is 0. The van der Waals surface area contributed by atoms with Crippen molar-refractivity contribution in [2.24, 2.45) is 0 Å². The van der Waals surface area contributed by atoms with Crippen LogP contribution in [0.15, 0.2) is 17.6 Å². The van der Waals surface area contributed by atoms with Crippen molar-refractivity contribution >= 4 is 12.2 Å². The van der Waals surface area contributed by atoms with Crippen LogP contribution in [0, 0.1) is 0 Å². The summed E-state index contributed by atoms with van der Waals surface area (Å²) in [7, 11) is 0. The molecule has 0 N–H and O–H groups in total. The first kappa shape index (κ1) is 11.8. The summed E-state index contributed by atoms with van der Waals surface area (Å²) in [5.41, 5.74) is 2.51. The van der Waals surface area contributed by atoms with Crippen molar-refractivity contribution in [1.29, 1.82) is 0 Å². The average Bonchev–Trinajstić information content (AvgIpc) is 2.69. The van der Waals surface area contributed by atoms with Gasteiger partial charge in [-0.05, 0) is 25.3 Å². The highest BCUT2D eigenvalue weighted by molar-refractivity contribution is 5.64. The maximum Gasteiger partial charge on any atom is 0.133 e. The van der Waals surface area contributed by atoms with Crippen LogP contribution in [0.2, 0.25) is 0 Å². The van der Waals surface area contributed by atoms with Crippen LogP contribution in [-0.2, 0) is 12.8 Å². The van der Waals surface area contributed by atoms with Gasteiger partial charge in [-0.15, -0.1) is 0 Å². The van der Waals surface area contributed by atoms with E-state index in [2.05, 4.69) is 13.2 Å². The van der Waals surface area contributed by atoms with E-state index in [9.17, 15) is 0 Å². The van der Waals surface area contributed by atoms with Crippen molar-refractivity contribution in [3.8, 4) is 0 Å². The number of aryl methyl sites for hydroxylation is 1. The quantitative estimate of drug-likeness (QED) is 0.692. The summed E-state index contributed by atoms with van der Waals surface area (Å²) in [5, 5.41) is 0. The predicted molar refractivity (Wildman–Crippen MR) is 66.9 cm³/mol. The van der Waals surface area contributed by atoms with Gasteiger partial charge in [0.1, 0.15) is 11.5 Å². The Balaban J connectivity index is 0.000000531. The molecule has 0 aliphatic heterocycles. The third-order valence-corrected chi connectivity index (χ3v) is 2.63. The second kappa shape index (κ2) is 5.59. The maximum atomic E-state index is 5.69. The molecule has 15 heavy (non-hydrogen) atoms. The van der Waals surface area contributed by atoms with Gasteiger partial charge in [0.25, 0.3) is 0 Å². The number of furan rings is 1. The van der Waals surface area contributed by atoms with Gasteiger partial charge in [-0.3, -0.25) is 0 Å². The van der Waals surface area contributed by atoms with Gasteiger partial charge < -0.3 is 4.42 Å². The molecule has 1 nitrogen and oxygen atoms in total. The van der Waals surface area contributed by atoms with Crippen molar-refractivity contribution in [3.63, 3.8) is 0 Å². The normalized spacial score (nSPS) is 13.5. The third kappa shape index (κ3) is 2.23. The molecule has 0 fully saturated rings. The molecule has 0 amide bonds. The molecule has 0 saturated heterocycles. The molecule has 1 aliphatic rings. The summed E-state index contributed by atoms with van der Waals surface area (Å²) in [6, 6.07) is 0. The van der Waals surface area contributed by atoms with Crippen LogP contribution >= 0.6 is 0 Å². The van der Waals surface area contributed by atoms with Crippen LogP contribution in [0.3, 0.4) is 0 Å². The molecule has 0 bridgehead atoms. The number of fused-ring (bicyclic) bond motifs is 1. The molecule has 0 atom stereocenters. The Morgan fingerprint density at radius 3 is 2.33 bits per heavy atom. The van der Waals surface area contributed by atoms with E-state index in [1.807, 2.05) is 19.9 Å². The topological polar surface area (TPSA) is 13.1 Å². The predicted octanol–water partition coefficient (Wildman–Crippen LogP) is 4.47. The molecule has 1 aliphatic carbocycles. The first-order valence-electron chi connectivity index (χ1n) is 5.76. The lowest BCUT2D eigenvalue weighted by Gasteiger charge is -2.08. The monoisotopic (exact) mass is 204 g/mol. The van der Waals surface area contributed by atoms with Crippen LogP contribution in [0.4, 0.5) is 0 Å². The largest absolute Gasteiger partial charge is 0.461 e. The van der Waals surface area contributed by atoms with E-state index in [-0.39, 0.29) is 0 Å². The average molecular weight is 204 g/mol. The summed E-state index contributed by atoms with van der Waals surface area (Å²) in [6.07, 6.45) is 8.37. The minimum atomic E-state index is 0.891. The van der Waals surface area contributed by atoms with Gasteiger partial charge >= 0.3 is 0 Å². The Labute approximate surface area is 92.5 Å². The van der Waals surface area contributed by atoms with Gasteiger partial charge in [-0.1, -0.05) is 33.1 Å². The Kier molecular flexibility index (Phi) is 4.41. The van der Waals surface area contributed by atoms with E-state index in [4.69, 9.17) is 4.42 Å². The van der Waals surface area contributed by atoms with E-state index >= 15 is 0 Å². The molecule has 0 unspecified atom stereocenters. The number of rotatable bonds is 2. The van der Waals surface area contributed by atoms with Crippen LogP contribution < -0.4 is 0 Å². The van der Waals surface area contributed by atoms with Crippen LogP contribution in [0.1, 0.15) is 49.3 Å². The summed E-state index contributed by atoms with van der Waals surface area (Å²) in [4.78, 5) is 0. The molecule has 1 aromatic heterocycles. The van der Waals surface area contributed by atoms with Gasteiger partial charge in [0.05, 0.1) is 0 Å². The van der Waals surface area contributed by atoms with Crippen molar-refractivity contribution < 1.29 is 4.42 Å². The molecule has 0 radical (unpaired) electrons. The Morgan fingerprint density at radius 2 is 1.73 bits per heavy atom. The van der Waals surface area contributed by atoms with Crippen LogP contribution in [0.25, 0.3) is 12.2 Å². The van der Waals surface area contributed by atoms with E-state index in [0.29, 0.717) is 0 Å². The van der Waals surface area contributed by atoms with Gasteiger partial charge in [-0.25, -0.2) is 0 Å². The van der Waals surface area contributed by atoms with Gasteiger partial charge in [-0.2, -0.15) is 0 Å². The molecule has 2 rings (SSSR count). The fourth-order valence-electron chi connectivity index (χ4n) is 1.99. The van der Waals surface area contributed by atoms with Crippen molar-refractivity contribution in [3.05, 3.63) is 35.8 Å². The molecule has 1 aromatic rings. The highest BCUT2D eigenvalue weighted by Crippen LogP contribution is 2.30. The zero-order valence-electron chi connectivity index (χ0n) is 9.81. The van der Waals surface area contributed by atoms with Crippen molar-refractivity contribution in [2.75, 3.05) is 0 Å². The van der Waals surface area contributed by atoms with E-state index in [1.54, 1.807) is 6.08 Å². The van der Waals surface area contributed by atoms with Gasteiger partial charge in [0, 0.05) is 17.5 Å². The smallest absolute Gasteiger partial charge is 0.133 e. The van der Waals surface area contributed by atoms with E-state index in [0.717, 1.165) is 29.9 Å². The zero-order valence-corrected chi connectivity index (χ0v) is 9.81. The second-order valence-electron chi connectivity index (χ2n) is 3.40. The van der Waals surface area contributed by atoms with E-state index < -0.39 is 0 Å². The summed E-state index contributed by atoms with van der Waals surface area (Å²) in [5.74, 6) is 2.04. The van der Waals surface area contributed by atoms with Crippen LogP contribution in [0.5, 0.6) is 0 Å². The summed E-state index contributed by atoms with van der Waals surface area (Å²) in [6.45, 7) is 11.6. The van der Waals surface area contributed by atoms with Gasteiger partial charge in [0.15, 0.2) is 0 Å². The minimum absolute atomic E-state index is 0.891. The lowest BCUT2D eigenvalue weighted by atomic mass is 9.95. The molecular formula is C14H20O. The van der Waals surface area contributed by atoms with Crippen LogP contribution in [-0.4, -0.2) is 0 Å². The highest BCUT2D eigenvalue weighted by Gasteiger charge is 2.18.